The molecule has 1 spiro atoms. The van der Waals surface area contributed by atoms with Crippen LogP contribution in [0.1, 0.15) is 58.9 Å². The average Bonchev–Trinajstić information content (AvgIpc) is 2.72. The third-order valence-corrected chi connectivity index (χ3v) is 5.56. The first-order valence-electron chi connectivity index (χ1n) is 9.57. The van der Waals surface area contributed by atoms with Crippen LogP contribution < -0.4 is 4.90 Å². The summed E-state index contributed by atoms with van der Waals surface area (Å²) in [7, 11) is 0. The molecule has 142 valence electrons. The normalized spacial score (nSPS) is 19.7. The Morgan fingerprint density at radius 1 is 1.04 bits per heavy atom. The molecule has 0 N–H and O–H groups in total. The number of hydrogen-bond acceptors (Lipinski definition) is 3. The van der Waals surface area contributed by atoms with Crippen molar-refractivity contribution in [2.24, 2.45) is 0 Å². The van der Waals surface area contributed by atoms with Gasteiger partial charge in [0.15, 0.2) is 0 Å². The Labute approximate surface area is 156 Å². The number of hydrogen-bond donors (Lipinski definition) is 0. The van der Waals surface area contributed by atoms with Crippen LogP contribution in [0.4, 0.5) is 10.5 Å². The first-order valence-corrected chi connectivity index (χ1v) is 9.57. The summed E-state index contributed by atoms with van der Waals surface area (Å²) in [6.45, 7) is 9.49. The maximum absolute atomic E-state index is 12.4. The standard InChI is InChI=1S/C21H30N2O3/c1-16(24)23-13-7-10-21(17-8-5-6-9-18(17)23)11-14-22(15-12-21)19(25)26-20(2,3)4/h5-6,8-9H,7,10-15H2,1-4H3. The molecule has 2 amide bonds. The molecule has 1 fully saturated rings. The fourth-order valence-electron chi connectivity index (χ4n) is 4.28. The largest absolute Gasteiger partial charge is 0.444 e. The molecule has 5 nitrogen and oxygen atoms in total. The zero-order valence-electron chi connectivity index (χ0n) is 16.4. The number of carbonyl (C=O) groups excluding carboxylic acids is 2. The number of rotatable bonds is 0. The predicted octanol–water partition coefficient (Wildman–Crippen LogP) is 4.10. The van der Waals surface area contributed by atoms with Gasteiger partial charge in [-0.1, -0.05) is 18.2 Å². The third kappa shape index (κ3) is 3.71. The Bertz CT molecular complexity index is 685. The van der Waals surface area contributed by atoms with Crippen LogP contribution in [0, 0.1) is 0 Å². The van der Waals surface area contributed by atoms with Crippen LogP contribution in [-0.4, -0.2) is 42.1 Å². The second-order valence-electron chi connectivity index (χ2n) is 8.54. The van der Waals surface area contributed by atoms with Crippen molar-refractivity contribution in [3.63, 3.8) is 0 Å². The van der Waals surface area contributed by atoms with Gasteiger partial charge in [-0.2, -0.15) is 0 Å². The molecule has 2 heterocycles. The molecule has 1 aromatic rings. The van der Waals surface area contributed by atoms with E-state index in [1.165, 1.54) is 5.56 Å². The van der Waals surface area contributed by atoms with E-state index in [2.05, 4.69) is 18.2 Å². The lowest BCUT2D eigenvalue weighted by molar-refractivity contribution is -0.116. The van der Waals surface area contributed by atoms with Gasteiger partial charge < -0.3 is 14.5 Å². The monoisotopic (exact) mass is 358 g/mol. The number of amides is 2. The lowest BCUT2D eigenvalue weighted by Crippen LogP contribution is -2.46. The molecule has 0 aromatic heterocycles. The fraction of sp³-hybridized carbons (Fsp3) is 0.619. The molecule has 0 bridgehead atoms. The molecule has 3 rings (SSSR count). The lowest BCUT2D eigenvalue weighted by atomic mass is 9.70. The quantitative estimate of drug-likeness (QED) is 0.701. The van der Waals surface area contributed by atoms with Crippen molar-refractivity contribution in [2.75, 3.05) is 24.5 Å². The summed E-state index contributed by atoms with van der Waals surface area (Å²) in [6, 6.07) is 8.29. The van der Waals surface area contributed by atoms with Gasteiger partial charge in [-0.25, -0.2) is 4.79 Å². The van der Waals surface area contributed by atoms with Crippen LogP contribution in [-0.2, 0) is 14.9 Å². The first kappa shape index (κ1) is 18.7. The highest BCUT2D eigenvalue weighted by molar-refractivity contribution is 5.92. The molecule has 26 heavy (non-hydrogen) atoms. The number of likely N-dealkylation sites (tertiary alicyclic amines) is 1. The van der Waals surface area contributed by atoms with E-state index in [0.29, 0.717) is 13.1 Å². The maximum atomic E-state index is 12.4. The highest BCUT2D eigenvalue weighted by Crippen LogP contribution is 2.46. The number of piperidine rings is 1. The van der Waals surface area contributed by atoms with Gasteiger partial charge in [0, 0.05) is 37.7 Å². The number of anilines is 1. The van der Waals surface area contributed by atoms with Crippen LogP contribution in [0.15, 0.2) is 24.3 Å². The van der Waals surface area contributed by atoms with Crippen molar-refractivity contribution in [2.45, 2.75) is 64.4 Å². The van der Waals surface area contributed by atoms with E-state index < -0.39 is 5.60 Å². The molecule has 0 saturated carbocycles. The van der Waals surface area contributed by atoms with Crippen molar-refractivity contribution in [3.05, 3.63) is 29.8 Å². The molecule has 5 heteroatoms. The van der Waals surface area contributed by atoms with Gasteiger partial charge >= 0.3 is 6.09 Å². The Kier molecular flexibility index (Phi) is 5.00. The molecule has 0 radical (unpaired) electrons. The number of nitrogens with zero attached hydrogens (tertiary/aromatic N) is 2. The maximum Gasteiger partial charge on any atom is 0.410 e. The van der Waals surface area contributed by atoms with Crippen LogP contribution in [0.2, 0.25) is 0 Å². The number of para-hydroxylation sites is 1. The summed E-state index contributed by atoms with van der Waals surface area (Å²) < 4.78 is 5.53. The first-order chi connectivity index (χ1) is 12.2. The Hall–Kier alpha value is -2.04. The second-order valence-corrected chi connectivity index (χ2v) is 8.54. The fourth-order valence-corrected chi connectivity index (χ4v) is 4.28. The van der Waals surface area contributed by atoms with E-state index in [4.69, 9.17) is 4.74 Å². The minimum Gasteiger partial charge on any atom is -0.444 e. The van der Waals surface area contributed by atoms with Crippen molar-refractivity contribution < 1.29 is 14.3 Å². The number of fused-ring (bicyclic) bond motifs is 2. The molecule has 2 aliphatic rings. The van der Waals surface area contributed by atoms with E-state index in [-0.39, 0.29) is 17.4 Å². The summed E-state index contributed by atoms with van der Waals surface area (Å²) in [5.74, 6) is 0.0979. The van der Waals surface area contributed by atoms with Crippen LogP contribution in [0.3, 0.4) is 0 Å². The van der Waals surface area contributed by atoms with Crippen molar-refractivity contribution in [3.8, 4) is 0 Å². The minimum absolute atomic E-state index is 0.0410. The zero-order chi connectivity index (χ0) is 18.9. The van der Waals surface area contributed by atoms with E-state index in [1.807, 2.05) is 36.6 Å². The van der Waals surface area contributed by atoms with E-state index in [0.717, 1.165) is 37.9 Å². The van der Waals surface area contributed by atoms with Gasteiger partial charge in [-0.3, -0.25) is 4.79 Å². The van der Waals surface area contributed by atoms with Gasteiger partial charge in [0.2, 0.25) is 5.91 Å². The molecule has 0 unspecified atom stereocenters. The SMILES string of the molecule is CC(=O)N1CCCC2(CCN(C(=O)OC(C)(C)C)CC2)c2ccccc21. The molecule has 2 aliphatic heterocycles. The highest BCUT2D eigenvalue weighted by atomic mass is 16.6. The van der Waals surface area contributed by atoms with Gasteiger partial charge in [0.1, 0.15) is 5.60 Å². The third-order valence-electron chi connectivity index (χ3n) is 5.56. The summed E-state index contributed by atoms with van der Waals surface area (Å²) in [6.07, 6.45) is 3.64. The van der Waals surface area contributed by atoms with Gasteiger partial charge in [0.05, 0.1) is 0 Å². The second kappa shape index (κ2) is 6.93. The van der Waals surface area contributed by atoms with Crippen LogP contribution in [0.5, 0.6) is 0 Å². The smallest absolute Gasteiger partial charge is 0.410 e. The number of carbonyl (C=O) groups is 2. The lowest BCUT2D eigenvalue weighted by Gasteiger charge is -2.42. The zero-order valence-corrected chi connectivity index (χ0v) is 16.4. The summed E-state index contributed by atoms with van der Waals surface area (Å²) in [4.78, 5) is 28.2. The Morgan fingerprint density at radius 2 is 1.69 bits per heavy atom. The molecule has 1 saturated heterocycles. The number of benzene rings is 1. The van der Waals surface area contributed by atoms with E-state index in [1.54, 1.807) is 6.92 Å². The highest BCUT2D eigenvalue weighted by Gasteiger charge is 2.41. The van der Waals surface area contributed by atoms with E-state index >= 15 is 0 Å². The van der Waals surface area contributed by atoms with Crippen LogP contribution >= 0.6 is 0 Å². The molecular formula is C21H30N2O3. The van der Waals surface area contributed by atoms with Gasteiger partial charge in [0.25, 0.3) is 0 Å². The number of ether oxygens (including phenoxy) is 1. The Balaban J connectivity index is 1.82. The van der Waals surface area contributed by atoms with E-state index in [9.17, 15) is 9.59 Å². The minimum atomic E-state index is -0.469. The summed E-state index contributed by atoms with van der Waals surface area (Å²) >= 11 is 0. The van der Waals surface area contributed by atoms with Crippen molar-refractivity contribution >= 4 is 17.7 Å². The topological polar surface area (TPSA) is 49.9 Å². The summed E-state index contributed by atoms with van der Waals surface area (Å²) in [5.41, 5.74) is 1.88. The molecule has 0 atom stereocenters. The van der Waals surface area contributed by atoms with Gasteiger partial charge in [-0.05, 0) is 58.1 Å². The van der Waals surface area contributed by atoms with Crippen molar-refractivity contribution in [1.82, 2.24) is 4.90 Å². The Morgan fingerprint density at radius 3 is 2.31 bits per heavy atom. The average molecular weight is 358 g/mol. The molecular weight excluding hydrogens is 328 g/mol. The summed E-state index contributed by atoms with van der Waals surface area (Å²) in [5, 5.41) is 0. The molecule has 0 aliphatic carbocycles. The predicted molar refractivity (Wildman–Crippen MR) is 102 cm³/mol. The molecule has 1 aromatic carbocycles. The van der Waals surface area contributed by atoms with Crippen molar-refractivity contribution in [1.29, 1.82) is 0 Å². The van der Waals surface area contributed by atoms with Crippen LogP contribution in [0.25, 0.3) is 0 Å². The van der Waals surface area contributed by atoms with Gasteiger partial charge in [-0.15, -0.1) is 0 Å².